The first-order chi connectivity index (χ1) is 9.16. The smallest absolute Gasteiger partial charge is 0.333 e. The molecule has 5 atom stereocenters. The van der Waals surface area contributed by atoms with Gasteiger partial charge in [-0.05, 0) is 31.1 Å². The van der Waals surface area contributed by atoms with Gasteiger partial charge in [0.15, 0.2) is 0 Å². The van der Waals surface area contributed by atoms with E-state index in [1.807, 2.05) is 0 Å². The standard InChI is InChI=1S/C16H20O3/c1-10(2)16(17)19-8-7-18-14-6-5-13-11-3-4-12(9-11)15(13)14/h3-6,11-15H,1,7-9H2,2H3. The zero-order chi connectivity index (χ0) is 13.4. The zero-order valence-corrected chi connectivity index (χ0v) is 11.2. The van der Waals surface area contributed by atoms with Gasteiger partial charge in [-0.15, -0.1) is 0 Å². The number of allylic oxidation sites excluding steroid dienone is 3. The van der Waals surface area contributed by atoms with E-state index in [4.69, 9.17) is 9.47 Å². The minimum atomic E-state index is -0.341. The molecule has 0 aliphatic heterocycles. The van der Waals surface area contributed by atoms with Crippen molar-refractivity contribution >= 4 is 5.97 Å². The summed E-state index contributed by atoms with van der Waals surface area (Å²) in [6.07, 6.45) is 10.7. The van der Waals surface area contributed by atoms with Gasteiger partial charge in [0.1, 0.15) is 6.61 Å². The molecule has 0 heterocycles. The van der Waals surface area contributed by atoms with Gasteiger partial charge in [0, 0.05) is 11.5 Å². The van der Waals surface area contributed by atoms with Crippen molar-refractivity contribution in [2.75, 3.05) is 13.2 Å². The topological polar surface area (TPSA) is 35.5 Å². The first kappa shape index (κ1) is 12.7. The molecular formula is C16H20O3. The average molecular weight is 260 g/mol. The number of hydrogen-bond donors (Lipinski definition) is 0. The lowest BCUT2D eigenvalue weighted by Gasteiger charge is -2.26. The van der Waals surface area contributed by atoms with Crippen molar-refractivity contribution in [2.24, 2.45) is 23.7 Å². The predicted molar refractivity (Wildman–Crippen MR) is 72.4 cm³/mol. The van der Waals surface area contributed by atoms with Crippen LogP contribution in [-0.2, 0) is 14.3 Å². The number of hydrogen-bond acceptors (Lipinski definition) is 3. The first-order valence-electron chi connectivity index (χ1n) is 6.97. The normalized spacial score (nSPS) is 37.6. The fourth-order valence-electron chi connectivity index (χ4n) is 3.61. The molecule has 3 aliphatic rings. The third-order valence-electron chi connectivity index (χ3n) is 4.46. The molecule has 1 saturated carbocycles. The molecule has 3 heteroatoms. The highest BCUT2D eigenvalue weighted by Crippen LogP contribution is 2.53. The maximum absolute atomic E-state index is 11.2. The van der Waals surface area contributed by atoms with Crippen LogP contribution in [0.2, 0.25) is 0 Å². The Labute approximate surface area is 114 Å². The van der Waals surface area contributed by atoms with E-state index in [0.29, 0.717) is 36.5 Å². The van der Waals surface area contributed by atoms with E-state index < -0.39 is 0 Å². The van der Waals surface area contributed by atoms with Crippen molar-refractivity contribution in [3.8, 4) is 0 Å². The number of esters is 1. The van der Waals surface area contributed by atoms with Crippen molar-refractivity contribution in [1.29, 1.82) is 0 Å². The van der Waals surface area contributed by atoms with E-state index in [0.717, 1.165) is 5.92 Å². The van der Waals surface area contributed by atoms with Crippen molar-refractivity contribution in [2.45, 2.75) is 19.4 Å². The van der Waals surface area contributed by atoms with E-state index in [1.165, 1.54) is 6.42 Å². The van der Waals surface area contributed by atoms with Gasteiger partial charge in [-0.3, -0.25) is 0 Å². The molecule has 0 spiro atoms. The lowest BCUT2D eigenvalue weighted by atomic mass is 9.84. The predicted octanol–water partition coefficient (Wildman–Crippen LogP) is 2.50. The summed E-state index contributed by atoms with van der Waals surface area (Å²) in [7, 11) is 0. The van der Waals surface area contributed by atoms with E-state index in [-0.39, 0.29) is 12.1 Å². The molecule has 102 valence electrons. The van der Waals surface area contributed by atoms with E-state index in [9.17, 15) is 4.79 Å². The summed E-state index contributed by atoms with van der Waals surface area (Å²) in [6, 6.07) is 0. The molecule has 0 radical (unpaired) electrons. The lowest BCUT2D eigenvalue weighted by Crippen LogP contribution is -2.28. The summed E-state index contributed by atoms with van der Waals surface area (Å²) in [5.41, 5.74) is 0.430. The maximum Gasteiger partial charge on any atom is 0.333 e. The monoisotopic (exact) mass is 260 g/mol. The van der Waals surface area contributed by atoms with Crippen LogP contribution in [0.4, 0.5) is 0 Å². The Bertz CT molecular complexity index is 449. The minimum absolute atomic E-state index is 0.188. The highest BCUT2D eigenvalue weighted by molar-refractivity contribution is 5.86. The number of fused-ring (bicyclic) bond motifs is 5. The third kappa shape index (κ3) is 2.27. The Morgan fingerprint density at radius 2 is 2.00 bits per heavy atom. The lowest BCUT2D eigenvalue weighted by molar-refractivity contribution is -0.141. The first-order valence-corrected chi connectivity index (χ1v) is 6.97. The molecule has 0 aromatic rings. The highest BCUT2D eigenvalue weighted by Gasteiger charge is 2.49. The van der Waals surface area contributed by atoms with Gasteiger partial charge in [0.05, 0.1) is 12.7 Å². The van der Waals surface area contributed by atoms with Crippen LogP contribution >= 0.6 is 0 Å². The minimum Gasteiger partial charge on any atom is -0.460 e. The van der Waals surface area contributed by atoms with Crippen LogP contribution in [0.5, 0.6) is 0 Å². The van der Waals surface area contributed by atoms with Crippen molar-refractivity contribution in [3.63, 3.8) is 0 Å². The number of carbonyl (C=O) groups excluding carboxylic acids is 1. The van der Waals surface area contributed by atoms with Crippen molar-refractivity contribution < 1.29 is 14.3 Å². The second-order valence-corrected chi connectivity index (χ2v) is 5.74. The maximum atomic E-state index is 11.2. The van der Waals surface area contributed by atoms with Gasteiger partial charge >= 0.3 is 5.97 Å². The Morgan fingerprint density at radius 3 is 2.79 bits per heavy atom. The van der Waals surface area contributed by atoms with Gasteiger partial charge < -0.3 is 9.47 Å². The summed E-state index contributed by atoms with van der Waals surface area (Å²) < 4.78 is 10.9. The summed E-state index contributed by atoms with van der Waals surface area (Å²) in [4.78, 5) is 11.2. The fraction of sp³-hybridized carbons (Fsp3) is 0.562. The van der Waals surface area contributed by atoms with E-state index in [2.05, 4.69) is 30.9 Å². The Hall–Kier alpha value is -1.35. The van der Waals surface area contributed by atoms with E-state index in [1.54, 1.807) is 6.92 Å². The second kappa shape index (κ2) is 4.97. The molecule has 0 saturated heterocycles. The molecule has 0 aromatic heterocycles. The van der Waals surface area contributed by atoms with Gasteiger partial charge in [-0.25, -0.2) is 4.79 Å². The van der Waals surface area contributed by atoms with Crippen LogP contribution in [-0.4, -0.2) is 25.3 Å². The molecule has 2 bridgehead atoms. The largest absolute Gasteiger partial charge is 0.460 e. The van der Waals surface area contributed by atoms with Gasteiger partial charge in [-0.2, -0.15) is 0 Å². The zero-order valence-electron chi connectivity index (χ0n) is 11.2. The third-order valence-corrected chi connectivity index (χ3v) is 4.46. The van der Waals surface area contributed by atoms with Crippen LogP contribution < -0.4 is 0 Å². The molecular weight excluding hydrogens is 240 g/mol. The quantitative estimate of drug-likeness (QED) is 0.330. The molecule has 1 fully saturated rings. The number of ether oxygens (including phenoxy) is 2. The summed E-state index contributed by atoms with van der Waals surface area (Å²) in [5.74, 6) is 2.32. The Balaban J connectivity index is 1.45. The molecule has 3 nitrogen and oxygen atoms in total. The van der Waals surface area contributed by atoms with Gasteiger partial charge in [-0.1, -0.05) is 30.9 Å². The molecule has 3 rings (SSSR count). The Kier molecular flexibility index (Phi) is 3.31. The van der Waals surface area contributed by atoms with Crippen molar-refractivity contribution in [1.82, 2.24) is 0 Å². The fourth-order valence-corrected chi connectivity index (χ4v) is 3.61. The molecule has 19 heavy (non-hydrogen) atoms. The number of rotatable bonds is 5. The summed E-state index contributed by atoms with van der Waals surface area (Å²) >= 11 is 0. The van der Waals surface area contributed by atoms with E-state index >= 15 is 0 Å². The highest BCUT2D eigenvalue weighted by atomic mass is 16.6. The van der Waals surface area contributed by atoms with Crippen LogP contribution in [0.3, 0.4) is 0 Å². The molecule has 0 amide bonds. The van der Waals surface area contributed by atoms with Crippen LogP contribution in [0.15, 0.2) is 36.5 Å². The molecule has 3 aliphatic carbocycles. The van der Waals surface area contributed by atoms with Crippen LogP contribution in [0, 0.1) is 23.7 Å². The number of carbonyl (C=O) groups is 1. The SMILES string of the molecule is C=C(C)C(=O)OCCOC1C=CC2C3C=CC(C3)C12. The average Bonchev–Trinajstić information content (AvgIpc) is 3.06. The Morgan fingerprint density at radius 1 is 1.21 bits per heavy atom. The summed E-state index contributed by atoms with van der Waals surface area (Å²) in [5, 5.41) is 0. The van der Waals surface area contributed by atoms with Crippen molar-refractivity contribution in [3.05, 3.63) is 36.5 Å². The van der Waals surface area contributed by atoms with Crippen LogP contribution in [0.1, 0.15) is 13.3 Å². The van der Waals surface area contributed by atoms with Gasteiger partial charge in [0.25, 0.3) is 0 Å². The van der Waals surface area contributed by atoms with Gasteiger partial charge in [0.2, 0.25) is 0 Å². The molecule has 0 aromatic carbocycles. The summed E-state index contributed by atoms with van der Waals surface area (Å²) in [6.45, 7) is 5.95. The molecule has 5 unspecified atom stereocenters. The second-order valence-electron chi connectivity index (χ2n) is 5.74. The van der Waals surface area contributed by atoms with Crippen LogP contribution in [0.25, 0.3) is 0 Å². The molecule has 0 N–H and O–H groups in total.